The highest BCUT2D eigenvalue weighted by Crippen LogP contribution is 2.36. The highest BCUT2D eigenvalue weighted by atomic mass is 16.5. The summed E-state index contributed by atoms with van der Waals surface area (Å²) in [5.74, 6) is 1.76. The molecule has 3 rings (SSSR count). The Kier molecular flexibility index (Phi) is 8.80. The Balaban J connectivity index is 1.86. The molecule has 3 aromatic carbocycles. The van der Waals surface area contributed by atoms with Crippen LogP contribution >= 0.6 is 0 Å². The number of hydrogen-bond donors (Lipinski definition) is 1. The fraction of sp³-hybridized carbons (Fsp3) is 0.333. The molecule has 31 heavy (non-hydrogen) atoms. The number of rotatable bonds is 12. The van der Waals surface area contributed by atoms with Crippen molar-refractivity contribution >= 4 is 17.1 Å². The van der Waals surface area contributed by atoms with Gasteiger partial charge >= 0.3 is 0 Å². The molecule has 4 nitrogen and oxygen atoms in total. The second-order valence-electron chi connectivity index (χ2n) is 7.55. The van der Waals surface area contributed by atoms with Gasteiger partial charge in [-0.3, -0.25) is 0 Å². The van der Waals surface area contributed by atoms with Crippen molar-refractivity contribution in [1.29, 1.82) is 0 Å². The lowest BCUT2D eigenvalue weighted by Gasteiger charge is -2.26. The zero-order valence-corrected chi connectivity index (χ0v) is 18.6. The van der Waals surface area contributed by atoms with Crippen molar-refractivity contribution in [1.82, 2.24) is 0 Å². The third-order valence-corrected chi connectivity index (χ3v) is 5.10. The SMILES string of the molecule is CCCCOc1ccc(N(c2ccc(CO)cc2)c2ccc(OCCCC)cc2)cc1. The molecule has 4 heteroatoms. The summed E-state index contributed by atoms with van der Waals surface area (Å²) in [6, 6.07) is 24.3. The smallest absolute Gasteiger partial charge is 0.119 e. The van der Waals surface area contributed by atoms with Crippen molar-refractivity contribution in [3.05, 3.63) is 78.4 Å². The van der Waals surface area contributed by atoms with E-state index in [1.807, 2.05) is 48.5 Å². The van der Waals surface area contributed by atoms with E-state index in [1.165, 1.54) is 0 Å². The second-order valence-corrected chi connectivity index (χ2v) is 7.55. The number of hydrogen-bond acceptors (Lipinski definition) is 4. The highest BCUT2D eigenvalue weighted by molar-refractivity contribution is 5.77. The molecule has 0 aliphatic heterocycles. The Morgan fingerprint density at radius 3 is 1.35 bits per heavy atom. The van der Waals surface area contributed by atoms with Crippen LogP contribution in [-0.2, 0) is 6.61 Å². The number of ether oxygens (including phenoxy) is 2. The Hall–Kier alpha value is -2.98. The molecular weight excluding hydrogens is 386 g/mol. The van der Waals surface area contributed by atoms with Crippen molar-refractivity contribution in [3.63, 3.8) is 0 Å². The molecule has 0 fully saturated rings. The summed E-state index contributed by atoms with van der Waals surface area (Å²) < 4.78 is 11.6. The number of aliphatic hydroxyl groups excluding tert-OH is 1. The van der Waals surface area contributed by atoms with Crippen molar-refractivity contribution in [2.45, 2.75) is 46.1 Å². The minimum absolute atomic E-state index is 0.0356. The molecule has 0 heterocycles. The molecule has 1 N–H and O–H groups in total. The predicted octanol–water partition coefficient (Wildman–Crippen LogP) is 7.01. The second kappa shape index (κ2) is 12.0. The molecule has 0 aromatic heterocycles. The van der Waals surface area contributed by atoms with Gasteiger partial charge in [0, 0.05) is 17.1 Å². The fourth-order valence-electron chi connectivity index (χ4n) is 3.25. The topological polar surface area (TPSA) is 41.9 Å². The van der Waals surface area contributed by atoms with E-state index in [-0.39, 0.29) is 6.61 Å². The number of anilines is 3. The van der Waals surface area contributed by atoms with E-state index in [9.17, 15) is 5.11 Å². The van der Waals surface area contributed by atoms with Crippen LogP contribution in [0.4, 0.5) is 17.1 Å². The number of unbranched alkanes of at least 4 members (excludes halogenated alkanes) is 2. The third-order valence-electron chi connectivity index (χ3n) is 5.10. The molecule has 0 unspecified atom stereocenters. The van der Waals surface area contributed by atoms with Crippen molar-refractivity contribution in [2.24, 2.45) is 0 Å². The molecule has 0 bridgehead atoms. The lowest BCUT2D eigenvalue weighted by Crippen LogP contribution is -2.10. The van der Waals surface area contributed by atoms with Crippen molar-refractivity contribution in [3.8, 4) is 11.5 Å². The van der Waals surface area contributed by atoms with E-state index in [0.29, 0.717) is 0 Å². The minimum Gasteiger partial charge on any atom is -0.494 e. The first-order valence-corrected chi connectivity index (χ1v) is 11.2. The molecule has 0 aliphatic carbocycles. The monoisotopic (exact) mass is 419 g/mol. The van der Waals surface area contributed by atoms with Crippen LogP contribution in [0.2, 0.25) is 0 Å². The van der Waals surface area contributed by atoms with Gasteiger partial charge in [-0.25, -0.2) is 0 Å². The minimum atomic E-state index is 0.0356. The van der Waals surface area contributed by atoms with Crippen LogP contribution in [0.5, 0.6) is 11.5 Å². The first-order valence-electron chi connectivity index (χ1n) is 11.2. The molecule has 164 valence electrons. The van der Waals surface area contributed by atoms with E-state index in [1.54, 1.807) is 0 Å². The maximum Gasteiger partial charge on any atom is 0.119 e. The van der Waals surface area contributed by atoms with Crippen LogP contribution in [0.15, 0.2) is 72.8 Å². The van der Waals surface area contributed by atoms with Crippen molar-refractivity contribution in [2.75, 3.05) is 18.1 Å². The summed E-state index contributed by atoms with van der Waals surface area (Å²) in [5, 5.41) is 9.40. The highest BCUT2D eigenvalue weighted by Gasteiger charge is 2.13. The molecule has 0 spiro atoms. The molecule has 0 aliphatic rings. The first kappa shape index (κ1) is 22.7. The number of nitrogens with zero attached hydrogens (tertiary/aromatic N) is 1. The summed E-state index contributed by atoms with van der Waals surface area (Å²) >= 11 is 0. The summed E-state index contributed by atoms with van der Waals surface area (Å²) in [4.78, 5) is 2.19. The van der Waals surface area contributed by atoms with E-state index in [0.717, 1.165) is 73.0 Å². The molecular formula is C27H33NO3. The normalized spacial score (nSPS) is 10.7. The summed E-state index contributed by atoms with van der Waals surface area (Å²) in [7, 11) is 0. The van der Waals surface area contributed by atoms with Gasteiger partial charge in [-0.15, -0.1) is 0 Å². The van der Waals surface area contributed by atoms with Gasteiger partial charge < -0.3 is 19.5 Å². The average molecular weight is 420 g/mol. The van der Waals surface area contributed by atoms with Crippen LogP contribution in [0.25, 0.3) is 0 Å². The zero-order chi connectivity index (χ0) is 21.9. The van der Waals surface area contributed by atoms with Gasteiger partial charge in [0.25, 0.3) is 0 Å². The molecule has 0 saturated carbocycles. The Labute approximate surface area is 186 Å². The van der Waals surface area contributed by atoms with E-state index in [4.69, 9.17) is 9.47 Å². The van der Waals surface area contributed by atoms with Crippen LogP contribution in [0, 0.1) is 0 Å². The molecule has 3 aromatic rings. The van der Waals surface area contributed by atoms with Gasteiger partial charge in [-0.1, -0.05) is 38.8 Å². The lowest BCUT2D eigenvalue weighted by molar-refractivity contribution is 0.282. The van der Waals surface area contributed by atoms with Crippen molar-refractivity contribution < 1.29 is 14.6 Å². The van der Waals surface area contributed by atoms with E-state index < -0.39 is 0 Å². The van der Waals surface area contributed by atoms with E-state index in [2.05, 4.69) is 43.0 Å². The number of benzene rings is 3. The lowest BCUT2D eigenvalue weighted by atomic mass is 10.1. The standard InChI is InChI=1S/C27H33NO3/c1-3-5-19-30-26-15-11-24(12-16-26)28(23-9-7-22(21-29)8-10-23)25-13-17-27(18-14-25)31-20-6-4-2/h7-18,29H,3-6,19-21H2,1-2H3. The Morgan fingerprint density at radius 1 is 0.613 bits per heavy atom. The molecule has 0 atom stereocenters. The van der Waals surface area contributed by atoms with Crippen LogP contribution in [-0.4, -0.2) is 18.3 Å². The third kappa shape index (κ3) is 6.50. The number of aliphatic hydroxyl groups is 1. The molecule has 0 amide bonds. The van der Waals surface area contributed by atoms with Crippen LogP contribution in [0.1, 0.15) is 45.1 Å². The Morgan fingerprint density at radius 2 is 1.00 bits per heavy atom. The maximum atomic E-state index is 9.40. The average Bonchev–Trinajstić information content (AvgIpc) is 2.82. The predicted molar refractivity (Wildman–Crippen MR) is 128 cm³/mol. The Bertz CT molecular complexity index is 836. The first-order chi connectivity index (χ1) is 15.2. The molecule has 0 saturated heterocycles. The fourth-order valence-corrected chi connectivity index (χ4v) is 3.25. The van der Waals surface area contributed by atoms with Gasteiger partial charge in [0.2, 0.25) is 0 Å². The quantitative estimate of drug-likeness (QED) is 0.321. The van der Waals surface area contributed by atoms with Gasteiger partial charge in [-0.2, -0.15) is 0 Å². The van der Waals surface area contributed by atoms with Gasteiger partial charge in [0.15, 0.2) is 0 Å². The molecule has 0 radical (unpaired) electrons. The largest absolute Gasteiger partial charge is 0.494 e. The maximum absolute atomic E-state index is 9.40. The van der Waals surface area contributed by atoms with E-state index >= 15 is 0 Å². The van der Waals surface area contributed by atoms with Gasteiger partial charge in [0.1, 0.15) is 11.5 Å². The summed E-state index contributed by atoms with van der Waals surface area (Å²) in [5.41, 5.74) is 4.00. The summed E-state index contributed by atoms with van der Waals surface area (Å²) in [6.07, 6.45) is 4.34. The summed E-state index contributed by atoms with van der Waals surface area (Å²) in [6.45, 7) is 5.83. The van der Waals surface area contributed by atoms with Gasteiger partial charge in [-0.05, 0) is 79.1 Å². The van der Waals surface area contributed by atoms with Crippen LogP contribution < -0.4 is 14.4 Å². The zero-order valence-electron chi connectivity index (χ0n) is 18.6. The van der Waals surface area contributed by atoms with Crippen LogP contribution in [0.3, 0.4) is 0 Å². The van der Waals surface area contributed by atoms with Gasteiger partial charge in [0.05, 0.1) is 19.8 Å².